The third-order valence-electron chi connectivity index (χ3n) is 3.73. The molecule has 1 aliphatic rings. The molecule has 1 aromatic rings. The minimum absolute atomic E-state index is 0.109. The molecular formula is C17H23ClN2O4. The Bertz CT molecular complexity index is 598. The molecule has 1 saturated heterocycles. The Kier molecular flexibility index (Phi) is 5.72. The molecule has 0 saturated carbocycles. The van der Waals surface area contributed by atoms with Crippen molar-refractivity contribution in [2.75, 3.05) is 19.6 Å². The summed E-state index contributed by atoms with van der Waals surface area (Å²) in [5.41, 5.74) is 0.382. The number of nitrogens with zero attached hydrogens (tertiary/aromatic N) is 2. The van der Waals surface area contributed by atoms with Crippen LogP contribution in [0.15, 0.2) is 24.3 Å². The number of piperazine rings is 1. The first-order valence-electron chi connectivity index (χ1n) is 7.85. The van der Waals surface area contributed by atoms with Crippen molar-refractivity contribution in [3.05, 3.63) is 34.9 Å². The number of amides is 1. The van der Waals surface area contributed by atoms with Crippen LogP contribution < -0.4 is 0 Å². The van der Waals surface area contributed by atoms with Gasteiger partial charge in [-0.05, 0) is 38.5 Å². The summed E-state index contributed by atoms with van der Waals surface area (Å²) in [4.78, 5) is 27.1. The maximum Gasteiger partial charge on any atom is 0.410 e. The molecule has 132 valence electrons. The zero-order valence-corrected chi connectivity index (χ0v) is 14.9. The van der Waals surface area contributed by atoms with E-state index in [0.717, 1.165) is 5.56 Å². The number of halogens is 1. The molecule has 1 fully saturated rings. The quantitative estimate of drug-likeness (QED) is 0.903. The zero-order valence-electron chi connectivity index (χ0n) is 14.2. The van der Waals surface area contributed by atoms with E-state index in [4.69, 9.17) is 16.3 Å². The monoisotopic (exact) mass is 354 g/mol. The van der Waals surface area contributed by atoms with Crippen LogP contribution in [-0.4, -0.2) is 58.2 Å². The van der Waals surface area contributed by atoms with E-state index >= 15 is 0 Å². The number of carbonyl (C=O) groups is 2. The summed E-state index contributed by atoms with van der Waals surface area (Å²) in [6, 6.07) is 6.55. The number of carboxylic acid groups (broad SMARTS) is 1. The van der Waals surface area contributed by atoms with Crippen molar-refractivity contribution >= 4 is 23.7 Å². The van der Waals surface area contributed by atoms with Crippen molar-refractivity contribution in [1.29, 1.82) is 0 Å². The summed E-state index contributed by atoms with van der Waals surface area (Å²) in [5.74, 6) is -0.947. The maximum absolute atomic E-state index is 12.2. The van der Waals surface area contributed by atoms with Crippen LogP contribution in [0.1, 0.15) is 26.3 Å². The Morgan fingerprint density at radius 2 is 1.88 bits per heavy atom. The van der Waals surface area contributed by atoms with Crippen LogP contribution in [0.3, 0.4) is 0 Å². The fourth-order valence-corrected chi connectivity index (χ4v) is 2.69. The van der Waals surface area contributed by atoms with E-state index in [1.807, 2.05) is 17.0 Å². The van der Waals surface area contributed by atoms with Gasteiger partial charge in [0.2, 0.25) is 0 Å². The van der Waals surface area contributed by atoms with Gasteiger partial charge in [0.25, 0.3) is 0 Å². The largest absolute Gasteiger partial charge is 0.480 e. The lowest BCUT2D eigenvalue weighted by Crippen LogP contribution is -2.57. The fraction of sp³-hybridized carbons (Fsp3) is 0.529. The highest BCUT2D eigenvalue weighted by Gasteiger charge is 2.35. The topological polar surface area (TPSA) is 70.1 Å². The second kappa shape index (κ2) is 7.40. The molecule has 1 atom stereocenters. The van der Waals surface area contributed by atoms with E-state index in [1.165, 1.54) is 4.90 Å². The average Bonchev–Trinajstić information content (AvgIpc) is 2.48. The second-order valence-corrected chi connectivity index (χ2v) is 7.31. The highest BCUT2D eigenvalue weighted by Crippen LogP contribution is 2.18. The lowest BCUT2D eigenvalue weighted by atomic mass is 10.1. The van der Waals surface area contributed by atoms with Crippen LogP contribution in [-0.2, 0) is 16.1 Å². The SMILES string of the molecule is CC(C)(C)OC(=O)N1CCN(Cc2ccc(Cl)cc2)[C@@H](C(=O)O)C1. The molecule has 6 nitrogen and oxygen atoms in total. The van der Waals surface area contributed by atoms with Gasteiger partial charge < -0.3 is 14.7 Å². The normalized spacial score (nSPS) is 19.2. The predicted molar refractivity (Wildman–Crippen MR) is 91.1 cm³/mol. The van der Waals surface area contributed by atoms with E-state index in [0.29, 0.717) is 24.7 Å². The zero-order chi connectivity index (χ0) is 17.9. The first-order chi connectivity index (χ1) is 11.2. The number of rotatable bonds is 3. The summed E-state index contributed by atoms with van der Waals surface area (Å²) in [6.07, 6.45) is -0.472. The van der Waals surface area contributed by atoms with Crippen molar-refractivity contribution in [2.24, 2.45) is 0 Å². The first kappa shape index (κ1) is 18.5. The van der Waals surface area contributed by atoms with Crippen LogP contribution >= 0.6 is 11.6 Å². The van der Waals surface area contributed by atoms with Gasteiger partial charge >= 0.3 is 12.1 Å². The molecule has 24 heavy (non-hydrogen) atoms. The summed E-state index contributed by atoms with van der Waals surface area (Å²) in [7, 11) is 0. The molecule has 2 rings (SSSR count). The van der Waals surface area contributed by atoms with E-state index in [1.54, 1.807) is 32.9 Å². The Labute approximate surface area is 146 Å². The summed E-state index contributed by atoms with van der Waals surface area (Å²) >= 11 is 5.87. The molecular weight excluding hydrogens is 332 g/mol. The Morgan fingerprint density at radius 1 is 1.25 bits per heavy atom. The van der Waals surface area contributed by atoms with Crippen LogP contribution in [0, 0.1) is 0 Å². The molecule has 1 aromatic carbocycles. The van der Waals surface area contributed by atoms with Gasteiger partial charge in [-0.1, -0.05) is 23.7 Å². The van der Waals surface area contributed by atoms with Crippen molar-refractivity contribution in [1.82, 2.24) is 9.80 Å². The molecule has 1 N–H and O–H groups in total. The van der Waals surface area contributed by atoms with Gasteiger partial charge in [-0.2, -0.15) is 0 Å². The van der Waals surface area contributed by atoms with Crippen LogP contribution in [0.4, 0.5) is 4.79 Å². The highest BCUT2D eigenvalue weighted by atomic mass is 35.5. The van der Waals surface area contributed by atoms with Gasteiger partial charge in [0.1, 0.15) is 11.6 Å². The number of ether oxygens (including phenoxy) is 1. The standard InChI is InChI=1S/C17H23ClN2O4/c1-17(2,3)24-16(23)20-9-8-19(14(11-20)15(21)22)10-12-4-6-13(18)7-5-12/h4-7,14H,8-11H2,1-3H3,(H,21,22)/t14-/m1/s1. The number of carbonyl (C=O) groups excluding carboxylic acids is 1. The maximum atomic E-state index is 12.2. The molecule has 0 aromatic heterocycles. The fourth-order valence-electron chi connectivity index (χ4n) is 2.56. The predicted octanol–water partition coefficient (Wildman–Crippen LogP) is 2.85. The molecule has 1 aliphatic heterocycles. The molecule has 1 amide bonds. The molecule has 1 heterocycles. The van der Waals surface area contributed by atoms with Crippen LogP contribution in [0.2, 0.25) is 5.02 Å². The summed E-state index contributed by atoms with van der Waals surface area (Å²) in [5, 5.41) is 10.2. The Balaban J connectivity index is 2.04. The van der Waals surface area contributed by atoms with Gasteiger partial charge in [-0.15, -0.1) is 0 Å². The van der Waals surface area contributed by atoms with Gasteiger partial charge in [0.15, 0.2) is 0 Å². The van der Waals surface area contributed by atoms with E-state index in [9.17, 15) is 14.7 Å². The van der Waals surface area contributed by atoms with Gasteiger partial charge in [0, 0.05) is 24.7 Å². The third kappa shape index (κ3) is 5.11. The lowest BCUT2D eigenvalue weighted by Gasteiger charge is -2.39. The van der Waals surface area contributed by atoms with Crippen molar-refractivity contribution < 1.29 is 19.4 Å². The number of aliphatic carboxylic acids is 1. The first-order valence-corrected chi connectivity index (χ1v) is 8.23. The second-order valence-electron chi connectivity index (χ2n) is 6.88. The van der Waals surface area contributed by atoms with E-state index in [-0.39, 0.29) is 6.54 Å². The molecule has 0 bridgehead atoms. The van der Waals surface area contributed by atoms with Crippen molar-refractivity contribution in [3.63, 3.8) is 0 Å². The number of hydrogen-bond acceptors (Lipinski definition) is 4. The lowest BCUT2D eigenvalue weighted by molar-refractivity contribution is -0.145. The van der Waals surface area contributed by atoms with Gasteiger partial charge in [-0.25, -0.2) is 4.79 Å². The minimum Gasteiger partial charge on any atom is -0.480 e. The number of benzene rings is 1. The van der Waals surface area contributed by atoms with Crippen LogP contribution in [0.5, 0.6) is 0 Å². The summed E-state index contributed by atoms with van der Waals surface area (Å²) in [6.45, 7) is 6.88. The Hall–Kier alpha value is -1.79. The van der Waals surface area contributed by atoms with E-state index in [2.05, 4.69) is 0 Å². The summed E-state index contributed by atoms with van der Waals surface area (Å²) < 4.78 is 5.33. The van der Waals surface area contributed by atoms with Gasteiger partial charge in [-0.3, -0.25) is 9.69 Å². The molecule has 0 aliphatic carbocycles. The van der Waals surface area contributed by atoms with Crippen LogP contribution in [0.25, 0.3) is 0 Å². The van der Waals surface area contributed by atoms with Crippen molar-refractivity contribution in [2.45, 2.75) is 39.0 Å². The molecule has 0 radical (unpaired) electrons. The molecule has 7 heteroatoms. The van der Waals surface area contributed by atoms with E-state index < -0.39 is 23.7 Å². The van der Waals surface area contributed by atoms with Gasteiger partial charge in [0.05, 0.1) is 6.54 Å². The highest BCUT2D eigenvalue weighted by molar-refractivity contribution is 6.30. The minimum atomic E-state index is -0.947. The van der Waals surface area contributed by atoms with Crippen molar-refractivity contribution in [3.8, 4) is 0 Å². The Morgan fingerprint density at radius 3 is 2.42 bits per heavy atom. The third-order valence-corrected chi connectivity index (χ3v) is 3.98. The molecule has 0 unspecified atom stereocenters. The average molecular weight is 355 g/mol. The molecule has 0 spiro atoms. The number of hydrogen-bond donors (Lipinski definition) is 1. The smallest absolute Gasteiger partial charge is 0.410 e. The number of carboxylic acids is 1.